The van der Waals surface area contributed by atoms with Gasteiger partial charge >= 0.3 is 5.97 Å². The third-order valence-corrected chi connectivity index (χ3v) is 1.65. The van der Waals surface area contributed by atoms with Crippen molar-refractivity contribution >= 4 is 24.0 Å². The zero-order valence-corrected chi connectivity index (χ0v) is 7.31. The average Bonchev–Trinajstić information content (AvgIpc) is 2.15. The Balaban J connectivity index is 3.00. The summed E-state index contributed by atoms with van der Waals surface area (Å²) in [6.07, 6.45) is 3.06. The van der Waals surface area contributed by atoms with Crippen LogP contribution < -0.4 is 5.73 Å². The number of nitrogen functional groups attached to an aromatic ring is 1. The van der Waals surface area contributed by atoms with Crippen LogP contribution in [-0.2, 0) is 4.79 Å². The Morgan fingerprint density at radius 1 is 1.43 bits per heavy atom. The van der Waals surface area contributed by atoms with E-state index in [-0.39, 0.29) is 0 Å². The van der Waals surface area contributed by atoms with Gasteiger partial charge in [-0.15, -0.1) is 0 Å². The van der Waals surface area contributed by atoms with Gasteiger partial charge in [0.25, 0.3) is 0 Å². The minimum Gasteiger partial charge on any atom is -0.478 e. The van der Waals surface area contributed by atoms with E-state index in [2.05, 4.69) is 0 Å². The van der Waals surface area contributed by atoms with Crippen LogP contribution in [0.25, 0.3) is 6.08 Å². The van der Waals surface area contributed by atoms with E-state index in [9.17, 15) is 9.59 Å². The van der Waals surface area contributed by atoms with E-state index >= 15 is 0 Å². The second kappa shape index (κ2) is 4.23. The smallest absolute Gasteiger partial charge is 0.328 e. The van der Waals surface area contributed by atoms with Crippen LogP contribution in [0.2, 0.25) is 0 Å². The maximum absolute atomic E-state index is 10.4. The number of aliphatic carboxylic acids is 1. The van der Waals surface area contributed by atoms with Gasteiger partial charge in [-0.05, 0) is 17.7 Å². The fourth-order valence-electron chi connectivity index (χ4n) is 0.979. The van der Waals surface area contributed by atoms with E-state index in [0.717, 1.165) is 6.08 Å². The molecule has 4 nitrogen and oxygen atoms in total. The van der Waals surface area contributed by atoms with E-state index in [1.807, 2.05) is 0 Å². The SMILES string of the molecule is Nc1cc(C=O)ccc1C=CC(=O)O. The molecule has 0 aliphatic rings. The minimum atomic E-state index is -1.04. The van der Waals surface area contributed by atoms with Gasteiger partial charge in [-0.25, -0.2) is 4.79 Å². The van der Waals surface area contributed by atoms with E-state index in [1.54, 1.807) is 12.1 Å². The fraction of sp³-hybridized carbons (Fsp3) is 0. The highest BCUT2D eigenvalue weighted by Crippen LogP contribution is 2.14. The molecule has 0 saturated heterocycles. The van der Waals surface area contributed by atoms with E-state index < -0.39 is 5.97 Å². The summed E-state index contributed by atoms with van der Waals surface area (Å²) in [5.74, 6) is -1.04. The Hall–Kier alpha value is -2.10. The molecule has 0 fully saturated rings. The molecule has 0 radical (unpaired) electrons. The fourth-order valence-corrected chi connectivity index (χ4v) is 0.979. The first-order valence-electron chi connectivity index (χ1n) is 3.89. The normalized spacial score (nSPS) is 10.3. The number of benzene rings is 1. The van der Waals surface area contributed by atoms with Crippen molar-refractivity contribution in [1.82, 2.24) is 0 Å². The molecule has 1 aromatic rings. The summed E-state index contributed by atoms with van der Waals surface area (Å²) in [4.78, 5) is 20.6. The van der Waals surface area contributed by atoms with Gasteiger partial charge < -0.3 is 10.8 Å². The quantitative estimate of drug-likeness (QED) is 0.427. The molecule has 0 unspecified atom stereocenters. The van der Waals surface area contributed by atoms with Gasteiger partial charge in [0.1, 0.15) is 6.29 Å². The van der Waals surface area contributed by atoms with Gasteiger partial charge in [-0.2, -0.15) is 0 Å². The molecule has 0 aliphatic heterocycles. The summed E-state index contributed by atoms with van der Waals surface area (Å²) in [7, 11) is 0. The van der Waals surface area contributed by atoms with Crippen molar-refractivity contribution in [2.45, 2.75) is 0 Å². The number of carboxylic acid groups (broad SMARTS) is 1. The highest BCUT2D eigenvalue weighted by molar-refractivity contribution is 5.87. The molecule has 0 saturated carbocycles. The van der Waals surface area contributed by atoms with E-state index in [1.165, 1.54) is 12.1 Å². The lowest BCUT2D eigenvalue weighted by Crippen LogP contribution is -1.92. The second-order valence-corrected chi connectivity index (χ2v) is 2.68. The molecular formula is C10H9NO3. The lowest BCUT2D eigenvalue weighted by atomic mass is 10.1. The van der Waals surface area contributed by atoms with Crippen LogP contribution in [0.15, 0.2) is 24.3 Å². The number of nitrogens with two attached hydrogens (primary N) is 1. The molecule has 1 rings (SSSR count). The third kappa shape index (κ3) is 2.45. The summed E-state index contributed by atoms with van der Waals surface area (Å²) < 4.78 is 0. The number of aldehydes is 1. The molecule has 0 atom stereocenters. The monoisotopic (exact) mass is 191 g/mol. The number of hydrogen-bond acceptors (Lipinski definition) is 3. The summed E-state index contributed by atoms with van der Waals surface area (Å²) in [6, 6.07) is 4.66. The first-order valence-corrected chi connectivity index (χ1v) is 3.89. The lowest BCUT2D eigenvalue weighted by molar-refractivity contribution is -0.131. The molecule has 72 valence electrons. The Morgan fingerprint density at radius 3 is 2.64 bits per heavy atom. The maximum atomic E-state index is 10.4. The second-order valence-electron chi connectivity index (χ2n) is 2.68. The van der Waals surface area contributed by atoms with Crippen LogP contribution in [0.4, 0.5) is 5.69 Å². The Kier molecular flexibility index (Phi) is 3.01. The number of hydrogen-bond donors (Lipinski definition) is 2. The summed E-state index contributed by atoms with van der Waals surface area (Å²) in [6.45, 7) is 0. The van der Waals surface area contributed by atoms with Crippen molar-refractivity contribution in [3.63, 3.8) is 0 Å². The summed E-state index contributed by atoms with van der Waals surface area (Å²) in [5, 5.41) is 8.38. The van der Waals surface area contributed by atoms with Gasteiger partial charge in [-0.1, -0.05) is 12.1 Å². The minimum absolute atomic E-state index is 0.382. The molecule has 3 N–H and O–H groups in total. The Morgan fingerprint density at radius 2 is 2.14 bits per heavy atom. The Bertz CT molecular complexity index is 396. The van der Waals surface area contributed by atoms with Gasteiger partial charge in [0.05, 0.1) is 0 Å². The highest BCUT2D eigenvalue weighted by atomic mass is 16.4. The predicted octanol–water partition coefficient (Wildman–Crippen LogP) is 1.18. The summed E-state index contributed by atoms with van der Waals surface area (Å²) >= 11 is 0. The highest BCUT2D eigenvalue weighted by Gasteiger charge is 1.97. The van der Waals surface area contributed by atoms with Crippen molar-refractivity contribution in [3.8, 4) is 0 Å². The zero-order valence-electron chi connectivity index (χ0n) is 7.31. The van der Waals surface area contributed by atoms with Gasteiger partial charge in [0.2, 0.25) is 0 Å². The van der Waals surface area contributed by atoms with Crippen LogP contribution in [-0.4, -0.2) is 17.4 Å². The Labute approximate surface area is 80.7 Å². The topological polar surface area (TPSA) is 80.4 Å². The first kappa shape index (κ1) is 9.98. The molecule has 1 aromatic carbocycles. The first-order chi connectivity index (χ1) is 6.63. The van der Waals surface area contributed by atoms with Crippen molar-refractivity contribution in [3.05, 3.63) is 35.4 Å². The van der Waals surface area contributed by atoms with Crippen LogP contribution in [0, 0.1) is 0 Å². The number of anilines is 1. The van der Waals surface area contributed by atoms with Gasteiger partial charge in [0.15, 0.2) is 0 Å². The molecule has 0 aromatic heterocycles. The van der Waals surface area contributed by atoms with E-state index in [4.69, 9.17) is 10.8 Å². The average molecular weight is 191 g/mol. The number of carbonyl (C=O) groups excluding carboxylic acids is 1. The third-order valence-electron chi connectivity index (χ3n) is 1.65. The van der Waals surface area contributed by atoms with Gasteiger partial charge in [-0.3, -0.25) is 4.79 Å². The number of carbonyl (C=O) groups is 2. The molecule has 0 bridgehead atoms. The van der Waals surface area contributed by atoms with E-state index in [0.29, 0.717) is 23.1 Å². The van der Waals surface area contributed by atoms with Crippen LogP contribution >= 0.6 is 0 Å². The predicted molar refractivity (Wildman–Crippen MR) is 52.9 cm³/mol. The van der Waals surface area contributed by atoms with Crippen molar-refractivity contribution in [2.75, 3.05) is 5.73 Å². The van der Waals surface area contributed by atoms with Crippen molar-refractivity contribution < 1.29 is 14.7 Å². The lowest BCUT2D eigenvalue weighted by Gasteiger charge is -1.99. The molecular weight excluding hydrogens is 182 g/mol. The standard InChI is InChI=1S/C10H9NO3/c11-9-5-7(6-12)1-2-8(9)3-4-10(13)14/h1-6H,11H2,(H,13,14). The molecule has 14 heavy (non-hydrogen) atoms. The van der Waals surface area contributed by atoms with Crippen LogP contribution in [0.1, 0.15) is 15.9 Å². The molecule has 0 spiro atoms. The maximum Gasteiger partial charge on any atom is 0.328 e. The van der Waals surface area contributed by atoms with Crippen LogP contribution in [0.5, 0.6) is 0 Å². The van der Waals surface area contributed by atoms with Crippen molar-refractivity contribution in [1.29, 1.82) is 0 Å². The van der Waals surface area contributed by atoms with Crippen LogP contribution in [0.3, 0.4) is 0 Å². The molecule has 0 heterocycles. The van der Waals surface area contributed by atoms with Crippen molar-refractivity contribution in [2.24, 2.45) is 0 Å². The largest absolute Gasteiger partial charge is 0.478 e. The zero-order chi connectivity index (χ0) is 10.6. The number of carboxylic acids is 1. The molecule has 0 amide bonds. The molecule has 4 heteroatoms. The van der Waals surface area contributed by atoms with Gasteiger partial charge in [0, 0.05) is 17.3 Å². The number of rotatable bonds is 3. The molecule has 0 aliphatic carbocycles. The summed E-state index contributed by atoms with van der Waals surface area (Å²) in [5.41, 5.74) is 7.01.